The van der Waals surface area contributed by atoms with Crippen molar-refractivity contribution < 1.29 is 14.7 Å². The lowest BCUT2D eigenvalue weighted by Crippen LogP contribution is -2.14. The second-order valence-corrected chi connectivity index (χ2v) is 3.39. The van der Waals surface area contributed by atoms with Gasteiger partial charge in [-0.1, -0.05) is 13.8 Å². The smallest absolute Gasteiger partial charge is 0.377 e. The maximum atomic E-state index is 11.2. The number of carboxylic acid groups (broad SMARTS) is 1. The standard InChI is InChI=1S/C9H12N2O3/c1-5(2)7-6(4-11(3)10-7)8(12)9(13)14/h4-5H,1-3H3,(H,13,14). The Kier molecular flexibility index (Phi) is 2.69. The summed E-state index contributed by atoms with van der Waals surface area (Å²) >= 11 is 0. The van der Waals surface area contributed by atoms with Gasteiger partial charge >= 0.3 is 5.97 Å². The van der Waals surface area contributed by atoms with E-state index < -0.39 is 11.8 Å². The van der Waals surface area contributed by atoms with E-state index in [-0.39, 0.29) is 11.5 Å². The van der Waals surface area contributed by atoms with Crippen LogP contribution in [0.25, 0.3) is 0 Å². The van der Waals surface area contributed by atoms with Gasteiger partial charge in [-0.25, -0.2) is 4.79 Å². The summed E-state index contributed by atoms with van der Waals surface area (Å²) in [7, 11) is 1.66. The summed E-state index contributed by atoms with van der Waals surface area (Å²) in [6, 6.07) is 0. The van der Waals surface area contributed by atoms with Crippen molar-refractivity contribution in [1.29, 1.82) is 0 Å². The van der Waals surface area contributed by atoms with E-state index >= 15 is 0 Å². The van der Waals surface area contributed by atoms with Gasteiger partial charge in [0.25, 0.3) is 5.78 Å². The van der Waals surface area contributed by atoms with Crippen molar-refractivity contribution in [2.24, 2.45) is 7.05 Å². The van der Waals surface area contributed by atoms with Gasteiger partial charge in [0.05, 0.1) is 11.3 Å². The van der Waals surface area contributed by atoms with Crippen molar-refractivity contribution in [3.63, 3.8) is 0 Å². The van der Waals surface area contributed by atoms with Gasteiger partial charge in [0.2, 0.25) is 0 Å². The van der Waals surface area contributed by atoms with Crippen molar-refractivity contribution in [3.05, 3.63) is 17.5 Å². The molecule has 0 spiro atoms. The quantitative estimate of drug-likeness (QED) is 0.573. The van der Waals surface area contributed by atoms with Crippen LogP contribution in [0.4, 0.5) is 0 Å². The zero-order valence-corrected chi connectivity index (χ0v) is 8.31. The molecule has 0 fully saturated rings. The minimum atomic E-state index is -1.44. The lowest BCUT2D eigenvalue weighted by Gasteiger charge is -2.01. The monoisotopic (exact) mass is 196 g/mol. The Morgan fingerprint density at radius 2 is 2.07 bits per heavy atom. The number of rotatable bonds is 3. The number of aromatic nitrogens is 2. The predicted octanol–water partition coefficient (Wildman–Crippen LogP) is 0.811. The summed E-state index contributed by atoms with van der Waals surface area (Å²) in [6.45, 7) is 3.72. The number of aliphatic carboxylic acids is 1. The second kappa shape index (κ2) is 3.61. The molecule has 5 nitrogen and oxygen atoms in total. The van der Waals surface area contributed by atoms with Gasteiger partial charge in [0.1, 0.15) is 0 Å². The molecule has 0 saturated carbocycles. The molecule has 0 aromatic carbocycles. The van der Waals surface area contributed by atoms with E-state index in [4.69, 9.17) is 5.11 Å². The van der Waals surface area contributed by atoms with E-state index in [0.29, 0.717) is 5.69 Å². The van der Waals surface area contributed by atoms with Crippen molar-refractivity contribution >= 4 is 11.8 Å². The predicted molar refractivity (Wildman–Crippen MR) is 49.3 cm³/mol. The first-order chi connectivity index (χ1) is 6.43. The Balaban J connectivity index is 3.19. The van der Waals surface area contributed by atoms with Crippen LogP contribution in [0.3, 0.4) is 0 Å². The first kappa shape index (κ1) is 10.4. The molecule has 0 radical (unpaired) electrons. The third-order valence-electron chi connectivity index (χ3n) is 1.84. The first-order valence-corrected chi connectivity index (χ1v) is 4.24. The van der Waals surface area contributed by atoms with Gasteiger partial charge in [-0.15, -0.1) is 0 Å². The van der Waals surface area contributed by atoms with E-state index in [1.54, 1.807) is 7.05 Å². The Hall–Kier alpha value is -1.65. The van der Waals surface area contributed by atoms with E-state index in [0.717, 1.165) is 0 Å². The number of carbonyl (C=O) groups is 2. The van der Waals surface area contributed by atoms with Crippen LogP contribution in [0.1, 0.15) is 35.8 Å². The molecule has 0 aliphatic heterocycles. The minimum absolute atomic E-state index is 0.0366. The Bertz CT molecular complexity index is 379. The highest BCUT2D eigenvalue weighted by Gasteiger charge is 2.22. The summed E-state index contributed by atoms with van der Waals surface area (Å²) in [6.07, 6.45) is 1.44. The number of hydrogen-bond donors (Lipinski definition) is 1. The number of ketones is 1. The Morgan fingerprint density at radius 1 is 1.50 bits per heavy atom. The fourth-order valence-corrected chi connectivity index (χ4v) is 1.22. The SMILES string of the molecule is CC(C)c1nn(C)cc1C(=O)C(=O)O. The van der Waals surface area contributed by atoms with Gasteiger partial charge in [0.15, 0.2) is 0 Å². The van der Waals surface area contributed by atoms with E-state index in [1.807, 2.05) is 13.8 Å². The van der Waals surface area contributed by atoms with Crippen LogP contribution in [0.5, 0.6) is 0 Å². The van der Waals surface area contributed by atoms with Crippen LogP contribution in [0.2, 0.25) is 0 Å². The number of Topliss-reactive ketones (excluding diaryl/α,β-unsaturated/α-hetero) is 1. The van der Waals surface area contributed by atoms with Crippen LogP contribution in [-0.4, -0.2) is 26.6 Å². The molecular weight excluding hydrogens is 184 g/mol. The molecule has 14 heavy (non-hydrogen) atoms. The maximum absolute atomic E-state index is 11.2. The number of aryl methyl sites for hydroxylation is 1. The van der Waals surface area contributed by atoms with E-state index in [1.165, 1.54) is 10.9 Å². The van der Waals surface area contributed by atoms with Crippen LogP contribution in [-0.2, 0) is 11.8 Å². The molecule has 0 amide bonds. The van der Waals surface area contributed by atoms with Crippen molar-refractivity contribution in [1.82, 2.24) is 9.78 Å². The number of nitrogens with zero attached hydrogens (tertiary/aromatic N) is 2. The molecule has 0 unspecified atom stereocenters. The zero-order chi connectivity index (χ0) is 10.9. The normalized spacial score (nSPS) is 10.6. The lowest BCUT2D eigenvalue weighted by molar-refractivity contribution is -0.131. The highest BCUT2D eigenvalue weighted by Crippen LogP contribution is 2.17. The van der Waals surface area contributed by atoms with Crippen molar-refractivity contribution in [2.75, 3.05) is 0 Å². The number of carbonyl (C=O) groups excluding carboxylic acids is 1. The fraction of sp³-hybridized carbons (Fsp3) is 0.444. The molecule has 1 aromatic heterocycles. The van der Waals surface area contributed by atoms with E-state index in [9.17, 15) is 9.59 Å². The van der Waals surface area contributed by atoms with Crippen molar-refractivity contribution in [3.8, 4) is 0 Å². The minimum Gasteiger partial charge on any atom is -0.475 e. The average molecular weight is 196 g/mol. The summed E-state index contributed by atoms with van der Waals surface area (Å²) in [5.74, 6) is -2.31. The molecule has 1 aromatic rings. The molecular formula is C9H12N2O3. The first-order valence-electron chi connectivity index (χ1n) is 4.24. The van der Waals surface area contributed by atoms with Gasteiger partial charge < -0.3 is 5.11 Å². The summed E-state index contributed by atoms with van der Waals surface area (Å²) in [5, 5.41) is 12.6. The summed E-state index contributed by atoms with van der Waals surface area (Å²) in [4.78, 5) is 21.7. The van der Waals surface area contributed by atoms with Gasteiger partial charge in [-0.05, 0) is 5.92 Å². The van der Waals surface area contributed by atoms with Crippen LogP contribution >= 0.6 is 0 Å². The summed E-state index contributed by atoms with van der Waals surface area (Å²) < 4.78 is 1.45. The van der Waals surface area contributed by atoms with Crippen LogP contribution in [0, 0.1) is 0 Å². The maximum Gasteiger partial charge on any atom is 0.377 e. The third kappa shape index (κ3) is 1.81. The molecule has 76 valence electrons. The summed E-state index contributed by atoms with van der Waals surface area (Å²) in [5.41, 5.74) is 0.704. The van der Waals surface area contributed by atoms with Gasteiger partial charge in [-0.2, -0.15) is 5.10 Å². The Morgan fingerprint density at radius 3 is 2.50 bits per heavy atom. The highest BCUT2D eigenvalue weighted by molar-refractivity contribution is 6.40. The highest BCUT2D eigenvalue weighted by atomic mass is 16.4. The molecule has 0 bridgehead atoms. The molecule has 1 rings (SSSR count). The molecule has 5 heteroatoms. The topological polar surface area (TPSA) is 72.2 Å². The van der Waals surface area contributed by atoms with Crippen molar-refractivity contribution in [2.45, 2.75) is 19.8 Å². The van der Waals surface area contributed by atoms with Gasteiger partial charge in [0, 0.05) is 13.2 Å². The zero-order valence-electron chi connectivity index (χ0n) is 8.31. The van der Waals surface area contributed by atoms with Gasteiger partial charge in [-0.3, -0.25) is 9.48 Å². The van der Waals surface area contributed by atoms with Crippen LogP contribution in [0.15, 0.2) is 6.20 Å². The average Bonchev–Trinajstić information content (AvgIpc) is 2.45. The third-order valence-corrected chi connectivity index (χ3v) is 1.84. The molecule has 0 aliphatic carbocycles. The lowest BCUT2D eigenvalue weighted by atomic mass is 10.0. The number of carboxylic acids is 1. The van der Waals surface area contributed by atoms with E-state index in [2.05, 4.69) is 5.10 Å². The Labute approximate surface area is 81.3 Å². The molecule has 0 aliphatic rings. The molecule has 0 saturated heterocycles. The fourth-order valence-electron chi connectivity index (χ4n) is 1.22. The molecule has 0 atom stereocenters. The van der Waals surface area contributed by atoms with Crippen LogP contribution < -0.4 is 0 Å². The largest absolute Gasteiger partial charge is 0.475 e. The molecule has 1 N–H and O–H groups in total. The second-order valence-electron chi connectivity index (χ2n) is 3.39. The number of hydrogen-bond acceptors (Lipinski definition) is 3. The molecule has 1 heterocycles.